The maximum atomic E-state index is 12.9. The van der Waals surface area contributed by atoms with E-state index in [1.54, 1.807) is 13.8 Å². The van der Waals surface area contributed by atoms with Crippen molar-refractivity contribution in [3.05, 3.63) is 69.4 Å². The van der Waals surface area contributed by atoms with Gasteiger partial charge in [0, 0.05) is 11.6 Å². The number of aryl methyl sites for hydroxylation is 2. The van der Waals surface area contributed by atoms with E-state index < -0.39 is 11.5 Å². The molecule has 1 fully saturated rings. The maximum Gasteiger partial charge on any atom is 0.349 e. The predicted octanol–water partition coefficient (Wildman–Crippen LogP) is 4.29. The van der Waals surface area contributed by atoms with Gasteiger partial charge >= 0.3 is 5.63 Å². The van der Waals surface area contributed by atoms with Crippen molar-refractivity contribution in [2.45, 2.75) is 32.6 Å². The van der Waals surface area contributed by atoms with E-state index in [4.69, 9.17) is 4.42 Å². The molecule has 1 aromatic carbocycles. The Kier molecular flexibility index (Phi) is 8.89. The number of nitrogens with one attached hydrogen (secondary N) is 4. The molecule has 2 aromatic heterocycles. The highest BCUT2D eigenvalue weighted by molar-refractivity contribution is 6.06. The highest BCUT2D eigenvalue weighted by Crippen LogP contribution is 2.28. The van der Waals surface area contributed by atoms with Gasteiger partial charge in [0.2, 0.25) is 0 Å². The SMILES string of the molecule is Cc1cc(C2CCNCC2)oc(=O)c1C(=O)Nc1c(Nc2ccccc2)n[nH]c1C.Cl.Cl. The fourth-order valence-electron chi connectivity index (χ4n) is 3.72. The summed E-state index contributed by atoms with van der Waals surface area (Å²) in [4.78, 5) is 25.6. The number of rotatable bonds is 5. The molecular formula is C22H27Cl2N5O3. The molecule has 8 nitrogen and oxygen atoms in total. The largest absolute Gasteiger partial charge is 0.427 e. The van der Waals surface area contributed by atoms with E-state index >= 15 is 0 Å². The van der Waals surface area contributed by atoms with Crippen molar-refractivity contribution in [3.63, 3.8) is 0 Å². The zero-order chi connectivity index (χ0) is 21.1. The number of hydrogen-bond acceptors (Lipinski definition) is 6. The van der Waals surface area contributed by atoms with Gasteiger partial charge in [-0.3, -0.25) is 9.89 Å². The van der Waals surface area contributed by atoms with Crippen LogP contribution in [-0.4, -0.2) is 29.2 Å². The summed E-state index contributed by atoms with van der Waals surface area (Å²) >= 11 is 0. The molecule has 3 heterocycles. The second-order valence-electron chi connectivity index (χ2n) is 7.54. The van der Waals surface area contributed by atoms with Crippen LogP contribution in [0.1, 0.15) is 46.1 Å². The number of carbonyl (C=O) groups is 1. The molecule has 1 amide bonds. The van der Waals surface area contributed by atoms with Gasteiger partial charge in [-0.15, -0.1) is 24.8 Å². The maximum absolute atomic E-state index is 12.9. The van der Waals surface area contributed by atoms with Crippen LogP contribution in [0.25, 0.3) is 0 Å². The summed E-state index contributed by atoms with van der Waals surface area (Å²) in [6, 6.07) is 11.3. The molecule has 172 valence electrons. The van der Waals surface area contributed by atoms with E-state index in [9.17, 15) is 9.59 Å². The monoisotopic (exact) mass is 479 g/mol. The van der Waals surface area contributed by atoms with Crippen LogP contribution in [0.15, 0.2) is 45.6 Å². The molecule has 4 N–H and O–H groups in total. The number of aromatic amines is 1. The summed E-state index contributed by atoms with van der Waals surface area (Å²) in [5.41, 5.74) is 2.01. The Morgan fingerprint density at radius 2 is 1.81 bits per heavy atom. The summed E-state index contributed by atoms with van der Waals surface area (Å²) in [6.07, 6.45) is 1.83. The highest BCUT2D eigenvalue weighted by Gasteiger charge is 2.24. The molecule has 0 saturated carbocycles. The average Bonchev–Trinajstić information content (AvgIpc) is 3.08. The van der Waals surface area contributed by atoms with Crippen LogP contribution >= 0.6 is 24.8 Å². The van der Waals surface area contributed by atoms with Gasteiger partial charge in [0.1, 0.15) is 17.0 Å². The van der Waals surface area contributed by atoms with Gasteiger partial charge in [0.05, 0.1) is 5.69 Å². The van der Waals surface area contributed by atoms with Gasteiger partial charge in [-0.1, -0.05) is 18.2 Å². The lowest BCUT2D eigenvalue weighted by atomic mass is 9.94. The first-order valence-corrected chi connectivity index (χ1v) is 10.1. The summed E-state index contributed by atoms with van der Waals surface area (Å²) in [7, 11) is 0. The molecule has 0 atom stereocenters. The average molecular weight is 480 g/mol. The van der Waals surface area contributed by atoms with E-state index in [0.717, 1.165) is 31.6 Å². The summed E-state index contributed by atoms with van der Waals surface area (Å²) < 4.78 is 5.54. The first-order chi connectivity index (χ1) is 14.5. The minimum absolute atomic E-state index is 0. The number of para-hydroxylation sites is 1. The Labute approximate surface area is 198 Å². The van der Waals surface area contributed by atoms with Gasteiger partial charge < -0.3 is 20.4 Å². The zero-order valence-electron chi connectivity index (χ0n) is 17.9. The molecule has 0 unspecified atom stereocenters. The van der Waals surface area contributed by atoms with Crippen LogP contribution in [0.5, 0.6) is 0 Å². The normalized spacial score (nSPS) is 13.6. The molecule has 4 rings (SSSR count). The van der Waals surface area contributed by atoms with E-state index in [0.29, 0.717) is 28.5 Å². The molecule has 0 radical (unpaired) electrons. The Balaban J connectivity index is 0.00000181. The third kappa shape index (κ3) is 5.51. The van der Waals surface area contributed by atoms with Gasteiger partial charge in [-0.05, 0) is 63.5 Å². The Morgan fingerprint density at radius 1 is 1.12 bits per heavy atom. The van der Waals surface area contributed by atoms with Gasteiger partial charge in [-0.25, -0.2) is 4.79 Å². The number of piperidine rings is 1. The molecule has 1 aliphatic rings. The van der Waals surface area contributed by atoms with Crippen molar-refractivity contribution in [1.29, 1.82) is 0 Å². The number of nitrogens with zero attached hydrogens (tertiary/aromatic N) is 1. The highest BCUT2D eigenvalue weighted by atomic mass is 35.5. The number of anilines is 3. The lowest BCUT2D eigenvalue weighted by molar-refractivity contribution is 0.102. The predicted molar refractivity (Wildman–Crippen MR) is 130 cm³/mol. The van der Waals surface area contributed by atoms with Crippen molar-refractivity contribution in [3.8, 4) is 0 Å². The molecule has 10 heteroatoms. The lowest BCUT2D eigenvalue weighted by Crippen LogP contribution is -2.28. The molecule has 1 saturated heterocycles. The van der Waals surface area contributed by atoms with Crippen LogP contribution in [-0.2, 0) is 0 Å². The molecule has 0 bridgehead atoms. The fourth-order valence-corrected chi connectivity index (χ4v) is 3.72. The topological polar surface area (TPSA) is 112 Å². The second kappa shape index (κ2) is 11.2. The van der Waals surface area contributed by atoms with Crippen molar-refractivity contribution >= 4 is 47.9 Å². The van der Waals surface area contributed by atoms with Crippen LogP contribution in [0.4, 0.5) is 17.2 Å². The van der Waals surface area contributed by atoms with E-state index in [-0.39, 0.29) is 36.3 Å². The summed E-state index contributed by atoms with van der Waals surface area (Å²) in [5, 5.41) is 16.4. The zero-order valence-corrected chi connectivity index (χ0v) is 19.5. The molecule has 0 spiro atoms. The quantitative estimate of drug-likeness (QED) is 0.434. The first-order valence-electron chi connectivity index (χ1n) is 10.1. The third-order valence-corrected chi connectivity index (χ3v) is 5.36. The van der Waals surface area contributed by atoms with E-state index in [1.807, 2.05) is 36.4 Å². The molecule has 0 aliphatic carbocycles. The van der Waals surface area contributed by atoms with Crippen molar-refractivity contribution < 1.29 is 9.21 Å². The number of carbonyl (C=O) groups excluding carboxylic acids is 1. The fraction of sp³-hybridized carbons (Fsp3) is 0.318. The Morgan fingerprint density at radius 3 is 2.47 bits per heavy atom. The Hall–Kier alpha value is -2.81. The Bertz CT molecular complexity index is 1110. The standard InChI is InChI=1S/C22H25N5O3.2ClH/c1-13-12-17(15-8-10-23-11-9-15)30-22(29)18(13)21(28)25-19-14(2)26-27-20(19)24-16-6-4-3-5-7-16;;/h3-7,12,15,23H,8-11H2,1-2H3,(H,25,28)(H2,24,26,27);2*1H. The lowest BCUT2D eigenvalue weighted by Gasteiger charge is -2.22. The van der Waals surface area contributed by atoms with E-state index in [1.165, 1.54) is 0 Å². The number of H-pyrrole nitrogens is 1. The minimum Gasteiger partial charge on any atom is -0.427 e. The summed E-state index contributed by atoms with van der Waals surface area (Å²) in [5.74, 6) is 0.813. The molecule has 3 aromatic rings. The molecule has 32 heavy (non-hydrogen) atoms. The van der Waals surface area contributed by atoms with Crippen LogP contribution < -0.4 is 21.6 Å². The number of halogens is 2. The second-order valence-corrected chi connectivity index (χ2v) is 7.54. The number of hydrogen-bond donors (Lipinski definition) is 4. The van der Waals surface area contributed by atoms with E-state index in [2.05, 4.69) is 26.1 Å². The summed E-state index contributed by atoms with van der Waals surface area (Å²) in [6.45, 7) is 5.36. The third-order valence-electron chi connectivity index (χ3n) is 5.36. The number of amides is 1. The van der Waals surface area contributed by atoms with Crippen LogP contribution in [0.2, 0.25) is 0 Å². The van der Waals surface area contributed by atoms with Gasteiger partial charge in [0.25, 0.3) is 5.91 Å². The first kappa shape index (κ1) is 25.5. The van der Waals surface area contributed by atoms with Crippen molar-refractivity contribution in [2.24, 2.45) is 0 Å². The molecule has 1 aliphatic heterocycles. The van der Waals surface area contributed by atoms with Crippen molar-refractivity contribution in [1.82, 2.24) is 15.5 Å². The van der Waals surface area contributed by atoms with Gasteiger partial charge in [0.15, 0.2) is 5.82 Å². The van der Waals surface area contributed by atoms with Crippen LogP contribution in [0.3, 0.4) is 0 Å². The minimum atomic E-state index is -0.611. The smallest absolute Gasteiger partial charge is 0.349 e. The number of benzene rings is 1. The van der Waals surface area contributed by atoms with Crippen LogP contribution in [0, 0.1) is 13.8 Å². The van der Waals surface area contributed by atoms with Crippen molar-refractivity contribution in [2.75, 3.05) is 23.7 Å². The molecular weight excluding hydrogens is 453 g/mol. The number of aromatic nitrogens is 2. The van der Waals surface area contributed by atoms with Gasteiger partial charge in [-0.2, -0.15) is 5.10 Å².